The van der Waals surface area contributed by atoms with Crippen LogP contribution in [0.1, 0.15) is 40.5 Å². The molecule has 1 amide bonds. The molecule has 5 heteroatoms. The molecule has 2 unspecified atom stereocenters. The fraction of sp³-hybridized carbons (Fsp3) is 0.833. The highest BCUT2D eigenvalue weighted by atomic mass is 16.4. The van der Waals surface area contributed by atoms with Crippen LogP contribution in [-0.4, -0.2) is 29.1 Å². The predicted molar refractivity (Wildman–Crippen MR) is 66.5 cm³/mol. The van der Waals surface area contributed by atoms with E-state index in [0.29, 0.717) is 12.3 Å². The van der Waals surface area contributed by atoms with E-state index >= 15 is 0 Å². The van der Waals surface area contributed by atoms with Gasteiger partial charge in [-0.15, -0.1) is 0 Å². The minimum Gasteiger partial charge on any atom is -0.481 e. The summed E-state index contributed by atoms with van der Waals surface area (Å²) in [5, 5.41) is 11.5. The number of nitrogens with one attached hydrogen (secondary N) is 1. The zero-order valence-corrected chi connectivity index (χ0v) is 11.1. The lowest BCUT2D eigenvalue weighted by Gasteiger charge is -2.23. The summed E-state index contributed by atoms with van der Waals surface area (Å²) in [6, 6.07) is -0.928. The maximum atomic E-state index is 11.7. The first-order valence-electron chi connectivity index (χ1n) is 6.01. The highest BCUT2D eigenvalue weighted by Gasteiger charge is 2.22. The summed E-state index contributed by atoms with van der Waals surface area (Å²) in [6.07, 6.45) is 0.529. The zero-order chi connectivity index (χ0) is 13.6. The minimum absolute atomic E-state index is 0.0706. The Balaban J connectivity index is 4.34. The molecule has 0 aromatic heterocycles. The summed E-state index contributed by atoms with van der Waals surface area (Å²) in [6.45, 7) is 7.73. The summed E-state index contributed by atoms with van der Waals surface area (Å²) >= 11 is 0. The SMILES string of the molecule is CC(C)CC(N)C(=O)NC(CC(=O)O)C(C)C. The van der Waals surface area contributed by atoms with Crippen LogP contribution in [-0.2, 0) is 9.59 Å². The normalized spacial score (nSPS) is 14.8. The number of amides is 1. The summed E-state index contributed by atoms with van der Waals surface area (Å²) in [4.78, 5) is 22.4. The van der Waals surface area contributed by atoms with Gasteiger partial charge >= 0.3 is 5.97 Å². The fourth-order valence-electron chi connectivity index (χ4n) is 1.55. The summed E-state index contributed by atoms with van der Waals surface area (Å²) in [5.41, 5.74) is 5.74. The fourth-order valence-corrected chi connectivity index (χ4v) is 1.55. The predicted octanol–water partition coefficient (Wildman–Crippen LogP) is 0.975. The van der Waals surface area contributed by atoms with Crippen molar-refractivity contribution in [2.75, 3.05) is 0 Å². The topological polar surface area (TPSA) is 92.4 Å². The second-order valence-corrected chi connectivity index (χ2v) is 5.19. The molecule has 0 aromatic rings. The van der Waals surface area contributed by atoms with Crippen LogP contribution in [0.2, 0.25) is 0 Å². The summed E-state index contributed by atoms with van der Waals surface area (Å²) in [7, 11) is 0. The van der Waals surface area contributed by atoms with Gasteiger partial charge in [0.15, 0.2) is 0 Å². The number of aliphatic carboxylic acids is 1. The van der Waals surface area contributed by atoms with Crippen LogP contribution in [0.15, 0.2) is 0 Å². The Hall–Kier alpha value is -1.10. The molecule has 0 bridgehead atoms. The molecule has 0 saturated carbocycles. The molecule has 100 valence electrons. The molecule has 0 fully saturated rings. The largest absolute Gasteiger partial charge is 0.481 e. The molecular formula is C12H24N2O3. The van der Waals surface area contributed by atoms with Gasteiger partial charge in [-0.2, -0.15) is 0 Å². The smallest absolute Gasteiger partial charge is 0.305 e. The summed E-state index contributed by atoms with van der Waals surface area (Å²) in [5.74, 6) is -0.769. The van der Waals surface area contributed by atoms with Crippen LogP contribution in [0.3, 0.4) is 0 Å². The number of hydrogen-bond acceptors (Lipinski definition) is 3. The molecule has 4 N–H and O–H groups in total. The highest BCUT2D eigenvalue weighted by molar-refractivity contribution is 5.82. The molecule has 0 aliphatic heterocycles. The van der Waals surface area contributed by atoms with Crippen molar-refractivity contribution >= 4 is 11.9 Å². The Kier molecular flexibility index (Phi) is 6.80. The van der Waals surface area contributed by atoms with Crippen LogP contribution >= 0.6 is 0 Å². The monoisotopic (exact) mass is 244 g/mol. The number of hydrogen-bond donors (Lipinski definition) is 3. The maximum Gasteiger partial charge on any atom is 0.305 e. The Morgan fingerprint density at radius 1 is 1.24 bits per heavy atom. The van der Waals surface area contributed by atoms with E-state index in [0.717, 1.165) is 0 Å². The molecule has 0 radical (unpaired) electrons. The maximum absolute atomic E-state index is 11.7. The molecular weight excluding hydrogens is 220 g/mol. The quantitative estimate of drug-likeness (QED) is 0.622. The van der Waals surface area contributed by atoms with Crippen LogP contribution in [0.4, 0.5) is 0 Å². The van der Waals surface area contributed by atoms with Gasteiger partial charge in [0, 0.05) is 6.04 Å². The van der Waals surface area contributed by atoms with E-state index in [1.165, 1.54) is 0 Å². The second-order valence-electron chi connectivity index (χ2n) is 5.19. The second kappa shape index (κ2) is 7.27. The van der Waals surface area contributed by atoms with E-state index in [9.17, 15) is 9.59 Å². The first-order chi connectivity index (χ1) is 7.73. The van der Waals surface area contributed by atoms with Gasteiger partial charge in [-0.05, 0) is 18.3 Å². The van der Waals surface area contributed by atoms with E-state index in [2.05, 4.69) is 5.32 Å². The van der Waals surface area contributed by atoms with Gasteiger partial charge in [-0.3, -0.25) is 9.59 Å². The van der Waals surface area contributed by atoms with E-state index in [4.69, 9.17) is 10.8 Å². The van der Waals surface area contributed by atoms with Gasteiger partial charge < -0.3 is 16.2 Å². The lowest BCUT2D eigenvalue weighted by atomic mass is 9.99. The van der Waals surface area contributed by atoms with Gasteiger partial charge in [0.25, 0.3) is 0 Å². The molecule has 0 saturated heterocycles. The molecule has 5 nitrogen and oxygen atoms in total. The Bertz CT molecular complexity index is 264. The van der Waals surface area contributed by atoms with Crippen LogP contribution in [0, 0.1) is 11.8 Å². The third-order valence-corrected chi connectivity index (χ3v) is 2.59. The first kappa shape index (κ1) is 15.9. The van der Waals surface area contributed by atoms with Crippen molar-refractivity contribution in [1.29, 1.82) is 0 Å². The lowest BCUT2D eigenvalue weighted by Crippen LogP contribution is -2.48. The Morgan fingerprint density at radius 3 is 2.12 bits per heavy atom. The Morgan fingerprint density at radius 2 is 1.76 bits per heavy atom. The molecule has 0 heterocycles. The minimum atomic E-state index is -0.915. The van der Waals surface area contributed by atoms with Gasteiger partial charge in [-0.1, -0.05) is 27.7 Å². The number of carboxylic acids is 1. The average molecular weight is 244 g/mol. The van der Waals surface area contributed by atoms with Crippen LogP contribution < -0.4 is 11.1 Å². The number of carboxylic acid groups (broad SMARTS) is 1. The number of carbonyl (C=O) groups is 2. The first-order valence-corrected chi connectivity index (χ1v) is 6.01. The van der Waals surface area contributed by atoms with Gasteiger partial charge in [-0.25, -0.2) is 0 Å². The van der Waals surface area contributed by atoms with Gasteiger partial charge in [0.2, 0.25) is 5.91 Å². The average Bonchev–Trinajstić information content (AvgIpc) is 2.14. The molecule has 0 aromatic carbocycles. The molecule has 0 aliphatic carbocycles. The molecule has 17 heavy (non-hydrogen) atoms. The third-order valence-electron chi connectivity index (χ3n) is 2.59. The van der Waals surface area contributed by atoms with E-state index < -0.39 is 12.0 Å². The van der Waals surface area contributed by atoms with Crippen molar-refractivity contribution in [2.24, 2.45) is 17.6 Å². The van der Waals surface area contributed by atoms with Gasteiger partial charge in [0.1, 0.15) is 0 Å². The van der Waals surface area contributed by atoms with Crippen LogP contribution in [0.5, 0.6) is 0 Å². The van der Waals surface area contributed by atoms with Crippen molar-refractivity contribution in [1.82, 2.24) is 5.32 Å². The number of rotatable bonds is 7. The third kappa shape index (κ3) is 6.94. The van der Waals surface area contributed by atoms with E-state index in [1.54, 1.807) is 0 Å². The van der Waals surface area contributed by atoms with Gasteiger partial charge in [0.05, 0.1) is 12.5 Å². The number of nitrogens with two attached hydrogens (primary N) is 1. The lowest BCUT2D eigenvalue weighted by molar-refractivity contribution is -0.138. The highest BCUT2D eigenvalue weighted by Crippen LogP contribution is 2.08. The van der Waals surface area contributed by atoms with E-state index in [-0.39, 0.29) is 24.3 Å². The standard InChI is InChI=1S/C12H24N2O3/c1-7(2)5-9(13)12(17)14-10(8(3)4)6-11(15)16/h7-10H,5-6,13H2,1-4H3,(H,14,17)(H,15,16). The zero-order valence-electron chi connectivity index (χ0n) is 11.1. The number of carbonyl (C=O) groups excluding carboxylic acids is 1. The van der Waals surface area contributed by atoms with E-state index in [1.807, 2.05) is 27.7 Å². The molecule has 0 aliphatic rings. The van der Waals surface area contributed by atoms with Crippen molar-refractivity contribution < 1.29 is 14.7 Å². The van der Waals surface area contributed by atoms with Crippen LogP contribution in [0.25, 0.3) is 0 Å². The molecule has 0 spiro atoms. The molecule has 0 rings (SSSR count). The Labute approximate surface area is 103 Å². The van der Waals surface area contributed by atoms with Crippen molar-refractivity contribution in [2.45, 2.75) is 52.6 Å². The summed E-state index contributed by atoms with van der Waals surface area (Å²) < 4.78 is 0. The van der Waals surface area contributed by atoms with Crippen molar-refractivity contribution in [3.05, 3.63) is 0 Å². The van der Waals surface area contributed by atoms with Crippen molar-refractivity contribution in [3.8, 4) is 0 Å². The van der Waals surface area contributed by atoms with Crippen molar-refractivity contribution in [3.63, 3.8) is 0 Å². The molecule has 2 atom stereocenters.